The van der Waals surface area contributed by atoms with E-state index in [0.717, 1.165) is 10.4 Å². The summed E-state index contributed by atoms with van der Waals surface area (Å²) in [6.45, 7) is 3.88. The van der Waals surface area contributed by atoms with Crippen LogP contribution < -0.4 is 20.3 Å². The zero-order chi connectivity index (χ0) is 23.7. The summed E-state index contributed by atoms with van der Waals surface area (Å²) in [5.74, 6) is 1.58. The van der Waals surface area contributed by atoms with Gasteiger partial charge in [0, 0.05) is 23.4 Å². The number of hydrogen-bond donors (Lipinski definition) is 2. The van der Waals surface area contributed by atoms with Crippen LogP contribution in [0.3, 0.4) is 0 Å². The molecule has 1 aromatic carbocycles. The van der Waals surface area contributed by atoms with E-state index in [-0.39, 0.29) is 24.2 Å². The molecule has 4 heterocycles. The number of anilines is 1. The Morgan fingerprint density at radius 1 is 1.26 bits per heavy atom. The summed E-state index contributed by atoms with van der Waals surface area (Å²) in [6.07, 6.45) is 3.67. The molecule has 0 atom stereocenters. The van der Waals surface area contributed by atoms with Gasteiger partial charge in [0.15, 0.2) is 11.5 Å². The Morgan fingerprint density at radius 3 is 2.88 bits per heavy atom. The summed E-state index contributed by atoms with van der Waals surface area (Å²) in [6, 6.07) is 11.0. The van der Waals surface area contributed by atoms with Gasteiger partial charge in [0.05, 0.1) is 4.88 Å². The molecule has 34 heavy (non-hydrogen) atoms. The zero-order valence-electron chi connectivity index (χ0n) is 18.5. The van der Waals surface area contributed by atoms with Gasteiger partial charge in [-0.1, -0.05) is 19.1 Å². The number of benzene rings is 1. The van der Waals surface area contributed by atoms with Crippen LogP contribution in [0.4, 0.5) is 5.82 Å². The van der Waals surface area contributed by atoms with Crippen LogP contribution in [0.5, 0.6) is 11.5 Å². The summed E-state index contributed by atoms with van der Waals surface area (Å²) >= 11 is 1.52. The molecule has 0 fully saturated rings. The average Bonchev–Trinajstić information content (AvgIpc) is 3.57. The summed E-state index contributed by atoms with van der Waals surface area (Å²) in [5.41, 5.74) is 2.47. The molecule has 0 unspecified atom stereocenters. The van der Waals surface area contributed by atoms with E-state index in [4.69, 9.17) is 9.47 Å². The number of aromatic amines is 1. The van der Waals surface area contributed by atoms with Gasteiger partial charge in [0.25, 0.3) is 5.56 Å². The highest BCUT2D eigenvalue weighted by atomic mass is 32.1. The molecular weight excluding hydrogens is 454 g/mol. The summed E-state index contributed by atoms with van der Waals surface area (Å²) in [7, 11) is 0. The molecule has 0 spiro atoms. The molecule has 2 N–H and O–H groups in total. The third-order valence-corrected chi connectivity index (χ3v) is 6.21. The molecule has 10 heteroatoms. The van der Waals surface area contributed by atoms with E-state index < -0.39 is 0 Å². The van der Waals surface area contributed by atoms with E-state index in [1.54, 1.807) is 31.2 Å². The summed E-state index contributed by atoms with van der Waals surface area (Å²) in [4.78, 5) is 33.5. The molecule has 0 bridgehead atoms. The Bertz CT molecular complexity index is 1450. The Kier molecular flexibility index (Phi) is 5.72. The van der Waals surface area contributed by atoms with E-state index >= 15 is 0 Å². The van der Waals surface area contributed by atoms with Gasteiger partial charge in [0.2, 0.25) is 18.6 Å². The smallest absolute Gasteiger partial charge is 0.255 e. The third-order valence-electron chi connectivity index (χ3n) is 5.32. The number of ether oxygens (including phenoxy) is 2. The van der Waals surface area contributed by atoms with Gasteiger partial charge in [-0.2, -0.15) is 9.78 Å². The van der Waals surface area contributed by atoms with Crippen molar-refractivity contribution in [2.75, 3.05) is 12.1 Å². The molecular formula is C24H21N5O4S. The fourth-order valence-electron chi connectivity index (χ4n) is 3.65. The number of nitrogens with one attached hydrogen (secondary N) is 2. The molecule has 172 valence electrons. The predicted octanol–water partition coefficient (Wildman–Crippen LogP) is 3.94. The van der Waals surface area contributed by atoms with Crippen molar-refractivity contribution in [3.63, 3.8) is 0 Å². The second-order valence-electron chi connectivity index (χ2n) is 7.55. The lowest BCUT2D eigenvalue weighted by Crippen LogP contribution is -2.21. The topological polar surface area (TPSA) is 111 Å². The first-order valence-corrected chi connectivity index (χ1v) is 11.5. The highest BCUT2D eigenvalue weighted by Gasteiger charge is 2.17. The Morgan fingerprint density at radius 2 is 2.12 bits per heavy atom. The fraction of sp³-hybridized carbons (Fsp3) is 0.167. The standard InChI is InChI=1S/C24H21N5O4S/c1-3-16-14(2)25-24(27-23(16)31)29-21(12-17(28-29)20-5-4-10-34-20)26-22(30)9-7-15-6-8-18-19(11-15)33-13-32-18/h4-12H,3,13H2,1-2H3,(H,26,30)(H,25,27,31)/b9-7-. The van der Waals surface area contributed by atoms with Gasteiger partial charge in [-0.15, -0.1) is 11.3 Å². The number of hydrogen-bond acceptors (Lipinski definition) is 7. The molecule has 0 saturated heterocycles. The quantitative estimate of drug-likeness (QED) is 0.409. The minimum absolute atomic E-state index is 0.189. The van der Waals surface area contributed by atoms with Crippen molar-refractivity contribution < 1.29 is 14.3 Å². The van der Waals surface area contributed by atoms with Gasteiger partial charge in [-0.05, 0) is 48.6 Å². The van der Waals surface area contributed by atoms with Crippen LogP contribution in [0.1, 0.15) is 23.7 Å². The Labute approximate surface area is 198 Å². The van der Waals surface area contributed by atoms with Crippen LogP contribution in [0.15, 0.2) is 52.6 Å². The lowest BCUT2D eigenvalue weighted by molar-refractivity contribution is -0.111. The van der Waals surface area contributed by atoms with Crippen molar-refractivity contribution in [2.45, 2.75) is 20.3 Å². The van der Waals surface area contributed by atoms with E-state index in [2.05, 4.69) is 20.4 Å². The number of aromatic nitrogens is 4. The number of rotatable bonds is 6. The maximum absolute atomic E-state index is 12.7. The lowest BCUT2D eigenvalue weighted by atomic mass is 10.2. The maximum atomic E-state index is 12.7. The van der Waals surface area contributed by atoms with Crippen LogP contribution in [-0.4, -0.2) is 32.4 Å². The van der Waals surface area contributed by atoms with Crippen molar-refractivity contribution in [1.29, 1.82) is 0 Å². The number of thiophene rings is 1. The third kappa shape index (κ3) is 4.23. The normalized spacial score (nSPS) is 12.4. The molecule has 1 amide bonds. The fourth-order valence-corrected chi connectivity index (χ4v) is 4.33. The number of H-pyrrole nitrogens is 1. The van der Waals surface area contributed by atoms with E-state index in [1.807, 2.05) is 30.5 Å². The molecule has 4 aromatic rings. The van der Waals surface area contributed by atoms with Gasteiger partial charge in [-0.3, -0.25) is 14.6 Å². The van der Waals surface area contributed by atoms with E-state index in [1.165, 1.54) is 22.1 Å². The lowest BCUT2D eigenvalue weighted by Gasteiger charge is -2.09. The maximum Gasteiger partial charge on any atom is 0.255 e. The molecule has 0 aliphatic carbocycles. The van der Waals surface area contributed by atoms with E-state index in [9.17, 15) is 9.59 Å². The monoisotopic (exact) mass is 475 g/mol. The van der Waals surface area contributed by atoms with E-state index in [0.29, 0.717) is 40.7 Å². The number of aryl methyl sites for hydroxylation is 1. The minimum Gasteiger partial charge on any atom is -0.454 e. The molecule has 5 rings (SSSR count). The highest BCUT2D eigenvalue weighted by molar-refractivity contribution is 7.13. The Balaban J connectivity index is 1.46. The van der Waals surface area contributed by atoms with Gasteiger partial charge in [-0.25, -0.2) is 4.98 Å². The first-order chi connectivity index (χ1) is 16.5. The van der Waals surface area contributed by atoms with Crippen LogP contribution in [0.25, 0.3) is 22.6 Å². The molecule has 1 aliphatic heterocycles. The van der Waals surface area contributed by atoms with Crippen molar-refractivity contribution in [3.05, 3.63) is 75.0 Å². The zero-order valence-corrected chi connectivity index (χ0v) is 19.3. The van der Waals surface area contributed by atoms with Crippen molar-refractivity contribution in [2.24, 2.45) is 0 Å². The second-order valence-corrected chi connectivity index (χ2v) is 8.49. The molecule has 9 nitrogen and oxygen atoms in total. The van der Waals surface area contributed by atoms with Crippen LogP contribution in [0.2, 0.25) is 0 Å². The number of nitrogens with zero attached hydrogens (tertiary/aromatic N) is 3. The van der Waals surface area contributed by atoms with Gasteiger partial charge >= 0.3 is 0 Å². The van der Waals surface area contributed by atoms with Crippen molar-refractivity contribution in [3.8, 4) is 28.0 Å². The number of carbonyl (C=O) groups excluding carboxylic acids is 1. The van der Waals surface area contributed by atoms with Gasteiger partial charge in [0.1, 0.15) is 11.5 Å². The van der Waals surface area contributed by atoms with Crippen molar-refractivity contribution in [1.82, 2.24) is 19.7 Å². The van der Waals surface area contributed by atoms with Crippen LogP contribution in [0, 0.1) is 6.92 Å². The summed E-state index contributed by atoms with van der Waals surface area (Å²) in [5, 5.41) is 9.38. The second kappa shape index (κ2) is 8.99. The molecule has 1 aliphatic rings. The number of fused-ring (bicyclic) bond motifs is 1. The molecule has 0 saturated carbocycles. The Hall–Kier alpha value is -4.18. The SMILES string of the molecule is CCc1c(C)nc(-n2nc(-c3cccs3)cc2NC(=O)/C=C\c2ccc3c(c2)OCO3)[nH]c1=O. The minimum atomic E-state index is -0.360. The first kappa shape index (κ1) is 21.7. The largest absolute Gasteiger partial charge is 0.454 e. The van der Waals surface area contributed by atoms with Crippen LogP contribution in [-0.2, 0) is 11.2 Å². The number of amides is 1. The average molecular weight is 476 g/mol. The van der Waals surface area contributed by atoms with Crippen LogP contribution >= 0.6 is 11.3 Å². The van der Waals surface area contributed by atoms with Gasteiger partial charge < -0.3 is 14.8 Å². The molecule has 0 radical (unpaired) electrons. The van der Waals surface area contributed by atoms with Crippen molar-refractivity contribution >= 4 is 29.1 Å². The predicted molar refractivity (Wildman–Crippen MR) is 130 cm³/mol. The summed E-state index contributed by atoms with van der Waals surface area (Å²) < 4.78 is 12.1. The molecule has 3 aromatic heterocycles. The number of carbonyl (C=O) groups is 1. The first-order valence-electron chi connectivity index (χ1n) is 10.6. The highest BCUT2D eigenvalue weighted by Crippen LogP contribution is 2.33.